The maximum atomic E-state index is 11.9. The van der Waals surface area contributed by atoms with Gasteiger partial charge in [-0.15, -0.1) is 0 Å². The molecule has 15 atom stereocenters. The first-order valence-electron chi connectivity index (χ1n) is 30.2. The summed E-state index contributed by atoms with van der Waals surface area (Å²) in [4.78, 5) is 159. The number of aromatic nitrogens is 10. The number of nitrogens with zero attached hydrogens (tertiary/aromatic N) is 5. The lowest BCUT2D eigenvalue weighted by molar-refractivity contribution is -0.151. The fourth-order valence-corrected chi connectivity index (χ4v) is 11.5. The van der Waals surface area contributed by atoms with Crippen LogP contribution in [-0.4, -0.2) is 167 Å². The molecule has 5 fully saturated rings. The number of ether oxygens (including phenoxy) is 9. The minimum absolute atomic E-state index is 0.232. The van der Waals surface area contributed by atoms with Crippen LogP contribution in [0.5, 0.6) is 0 Å². The minimum atomic E-state index is -0.695. The first-order chi connectivity index (χ1) is 44.8. The van der Waals surface area contributed by atoms with Gasteiger partial charge in [-0.1, -0.05) is 36.4 Å². The maximum absolute atomic E-state index is 11.9. The number of hydrogen-bond acceptors (Lipinski definition) is 25. The normalized spacial score (nSPS) is 26.5. The lowest BCUT2D eigenvalue weighted by Gasteiger charge is -2.17. The van der Waals surface area contributed by atoms with Crippen molar-refractivity contribution in [1.29, 1.82) is 0 Å². The van der Waals surface area contributed by atoms with Crippen molar-refractivity contribution in [3.63, 3.8) is 0 Å². The lowest BCUT2D eigenvalue weighted by Crippen LogP contribution is -2.33. The summed E-state index contributed by atoms with van der Waals surface area (Å²) in [6, 6.07) is 0. The maximum Gasteiger partial charge on any atom is 0.330 e. The van der Waals surface area contributed by atoms with Crippen molar-refractivity contribution in [2.45, 2.75) is 206 Å². The van der Waals surface area contributed by atoms with Gasteiger partial charge in [-0.3, -0.25) is 86.1 Å². The first kappa shape index (κ1) is 76.2. The van der Waals surface area contributed by atoms with Gasteiger partial charge in [-0.25, -0.2) is 24.0 Å². The van der Waals surface area contributed by atoms with E-state index in [0.717, 1.165) is 0 Å². The van der Waals surface area contributed by atoms with Crippen LogP contribution in [0.25, 0.3) is 0 Å². The van der Waals surface area contributed by atoms with Crippen LogP contribution in [0.4, 0.5) is 0 Å². The summed E-state index contributed by atoms with van der Waals surface area (Å²) >= 11 is 2.14. The van der Waals surface area contributed by atoms with Crippen molar-refractivity contribution in [1.82, 2.24) is 47.8 Å². The summed E-state index contributed by atoms with van der Waals surface area (Å²) in [6.45, 7) is 15.7. The Labute approximate surface area is 552 Å². The Kier molecular flexibility index (Phi) is 27.4. The molecule has 0 spiro atoms. The Morgan fingerprint density at radius 2 is 0.684 bits per heavy atom. The van der Waals surface area contributed by atoms with Crippen molar-refractivity contribution in [2.24, 2.45) is 0 Å². The number of aromatic amines is 5. The van der Waals surface area contributed by atoms with Crippen molar-refractivity contribution in [2.75, 3.05) is 24.8 Å². The molecule has 5 saturated heterocycles. The summed E-state index contributed by atoms with van der Waals surface area (Å²) in [6.07, 6.45) is 2.88. The summed E-state index contributed by atoms with van der Waals surface area (Å²) in [5.41, 5.74) is -2.70. The number of aliphatic hydroxyl groups is 3. The summed E-state index contributed by atoms with van der Waals surface area (Å²) in [5.74, 6) is -1.28. The molecule has 0 unspecified atom stereocenters. The molecule has 5 aromatic rings. The average molecular weight is 1460 g/mol. The van der Waals surface area contributed by atoms with E-state index < -0.39 is 136 Å². The quantitative estimate of drug-likeness (QED) is 0.0288. The highest BCUT2D eigenvalue weighted by atomic mass is 127. The molecule has 36 heteroatoms. The van der Waals surface area contributed by atoms with Crippen molar-refractivity contribution >= 4 is 40.5 Å². The number of esters is 3. The number of halogens is 1. The Morgan fingerprint density at radius 3 is 0.926 bits per heavy atom. The van der Waals surface area contributed by atoms with E-state index in [1.165, 1.54) is 81.7 Å². The van der Waals surface area contributed by atoms with Gasteiger partial charge in [0.05, 0.1) is 37.6 Å². The summed E-state index contributed by atoms with van der Waals surface area (Å²) in [5, 5.41) is 28.7. The predicted octanol–water partition coefficient (Wildman–Crippen LogP) is -0.927. The van der Waals surface area contributed by atoms with Crippen LogP contribution < -0.4 is 56.2 Å². The van der Waals surface area contributed by atoms with Crippen LogP contribution >= 0.6 is 22.6 Å². The first-order valence-corrected chi connectivity index (χ1v) is 31.8. The molecule has 8 N–H and O–H groups in total. The number of aliphatic hydroxyl groups excluding tert-OH is 3. The standard InChI is InChI=1S/C13H18N2O6.C12H15IN2O5.C12H16N2O6.2C11H16N2O4/c1-7-5-15(13(18)14-12(7)17)11-4-9(20-8(2)16)10(21-11)6-19-3;1-6-5-15(12(18)14-11(6)17)10-3-8(19-7(2)16)9(4-13)20-10;1-6-4-14(12(18)13-11(6)17)10-3-8(19-7(2)16)9(5-15)20-10;2*1-3-8-7(14)4-9(17-8)13-5-6(2)10(15)12-11(13)16/h5,9-11H,4,6H2,1-3H3,(H,14,17,18);5,8-10H,3-4H2,1-2H3,(H,14,17,18);4,8-10,15H,3,5H2,1-2H3,(H,13,17,18);2*5,7-9,14H,3-4H2,1-2H3,(H,12,15,16)/t9-,10+,11+;2*8-,9+,10+;7-,8+,9+;7-,8-,9-/m00001/s1. The Morgan fingerprint density at radius 1 is 0.442 bits per heavy atom. The van der Waals surface area contributed by atoms with Crippen LogP contribution in [0.2, 0.25) is 0 Å². The SMILES string of the molecule is CC(=O)O[C@H]1C[C@H](n2cc(C)c(=O)[nH]c2=O)O[C@@H]1CI.CC(=O)O[C@H]1C[C@H](n2cc(C)c(=O)[nH]c2=O)O[C@@H]1CO.CC[C@H]1O[C@@H](n2cc(C)c(=O)[nH]c2=O)C[C@@H]1O.CC[C@H]1O[C@@H](n2cc(C)c(=O)[nH]c2=O)C[C@H]1O.COC[C@H]1O[C@@H](n2cc(C)c(=O)[nH]c2=O)C[C@@H]1OC(C)=O. The zero-order chi connectivity index (χ0) is 70.4. The third kappa shape index (κ3) is 19.9. The third-order valence-corrected chi connectivity index (χ3v) is 16.5. The molecule has 0 radical (unpaired) electrons. The number of carbonyl (C=O) groups is 3. The topological polar surface area (TPSA) is 469 Å². The van der Waals surface area contributed by atoms with Gasteiger partial charge >= 0.3 is 46.4 Å². The van der Waals surface area contributed by atoms with Crippen molar-refractivity contribution in [3.05, 3.63) is 163 Å². The van der Waals surface area contributed by atoms with Gasteiger partial charge in [0.25, 0.3) is 27.8 Å². The fraction of sp³-hybridized carbons (Fsp3) is 0.610. The third-order valence-electron chi connectivity index (χ3n) is 15.7. The van der Waals surface area contributed by atoms with E-state index in [-0.39, 0.29) is 50.0 Å². The molecule has 5 aliphatic heterocycles. The fourth-order valence-electron chi connectivity index (χ4n) is 10.8. The molecule has 5 aliphatic rings. The highest BCUT2D eigenvalue weighted by Gasteiger charge is 2.42. The van der Waals surface area contributed by atoms with Crippen LogP contribution in [0.15, 0.2) is 78.9 Å². The molecule has 0 aromatic carbocycles. The molecule has 95 heavy (non-hydrogen) atoms. The van der Waals surface area contributed by atoms with Crippen LogP contribution in [0.1, 0.15) is 139 Å². The highest BCUT2D eigenvalue weighted by Crippen LogP contribution is 2.34. The second kappa shape index (κ2) is 34.2. The number of aryl methyl sites for hydroxylation is 5. The number of carbonyl (C=O) groups excluding carboxylic acids is 3. The second-order valence-electron chi connectivity index (χ2n) is 22.9. The molecule has 35 nitrogen and oxygen atoms in total. The van der Waals surface area contributed by atoms with Crippen LogP contribution in [0, 0.1) is 34.6 Å². The lowest BCUT2D eigenvalue weighted by atomic mass is 10.1. The molecule has 0 aliphatic carbocycles. The monoisotopic (exact) mass is 1460 g/mol. The van der Waals surface area contributed by atoms with Crippen molar-refractivity contribution in [3.8, 4) is 0 Å². The summed E-state index contributed by atoms with van der Waals surface area (Å²) < 4.78 is 55.7. The number of alkyl halides is 1. The van der Waals surface area contributed by atoms with E-state index in [1.807, 2.05) is 13.8 Å². The van der Waals surface area contributed by atoms with Gasteiger partial charge in [0.1, 0.15) is 67.8 Å². The molecule has 0 bridgehead atoms. The van der Waals surface area contributed by atoms with Gasteiger partial charge in [0, 0.05) is 123 Å². The Hall–Kier alpha value is -7.82. The van der Waals surface area contributed by atoms with E-state index in [4.69, 9.17) is 42.6 Å². The largest absolute Gasteiger partial charge is 0.460 e. The predicted molar refractivity (Wildman–Crippen MR) is 340 cm³/mol. The van der Waals surface area contributed by atoms with Crippen LogP contribution in [-0.2, 0) is 57.0 Å². The molecule has 10 rings (SSSR count). The van der Waals surface area contributed by atoms with Gasteiger partial charge < -0.3 is 58.0 Å². The minimum Gasteiger partial charge on any atom is -0.460 e. The smallest absolute Gasteiger partial charge is 0.330 e. The molecular formula is C59H81IN10O25. The molecule has 0 saturated carbocycles. The van der Waals surface area contributed by atoms with Crippen LogP contribution in [0.3, 0.4) is 0 Å². The highest BCUT2D eigenvalue weighted by molar-refractivity contribution is 14.1. The number of methoxy groups -OCH3 is 1. The second-order valence-corrected chi connectivity index (χ2v) is 23.8. The van der Waals surface area contributed by atoms with Gasteiger partial charge in [0.15, 0.2) is 0 Å². The van der Waals surface area contributed by atoms with Gasteiger partial charge in [-0.2, -0.15) is 0 Å². The average Bonchev–Trinajstić information content (AvgIpc) is 1.84. The van der Waals surface area contributed by atoms with E-state index in [2.05, 4.69) is 47.5 Å². The number of H-pyrrole nitrogens is 5. The van der Waals surface area contributed by atoms with Crippen molar-refractivity contribution < 1.29 is 72.3 Å². The molecule has 10 heterocycles. The molecule has 5 aromatic heterocycles. The molecular weight excluding hydrogens is 1380 g/mol. The number of hydrogen-bond donors (Lipinski definition) is 8. The zero-order valence-corrected chi connectivity index (χ0v) is 56.2. The zero-order valence-electron chi connectivity index (χ0n) is 54.1. The summed E-state index contributed by atoms with van der Waals surface area (Å²) in [7, 11) is 1.51. The number of rotatable bonds is 14. The Bertz CT molecular complexity index is 3920. The molecule has 524 valence electrons. The molecule has 0 amide bonds. The van der Waals surface area contributed by atoms with Gasteiger partial charge in [0.2, 0.25) is 0 Å². The van der Waals surface area contributed by atoms with E-state index >= 15 is 0 Å². The van der Waals surface area contributed by atoms with Gasteiger partial charge in [-0.05, 0) is 47.5 Å². The van der Waals surface area contributed by atoms with E-state index in [1.54, 1.807) is 34.6 Å². The van der Waals surface area contributed by atoms with E-state index in [9.17, 15) is 77.6 Å². The Balaban J connectivity index is 0.000000188. The number of nitrogens with one attached hydrogen (secondary N) is 5. The van der Waals surface area contributed by atoms with E-state index in [0.29, 0.717) is 70.8 Å².